The van der Waals surface area contributed by atoms with Gasteiger partial charge >= 0.3 is 5.97 Å². The molecule has 0 saturated heterocycles. The molecule has 6 nitrogen and oxygen atoms in total. The number of ether oxygens (including phenoxy) is 2. The first kappa shape index (κ1) is 22.5. The Morgan fingerprint density at radius 3 is 2.44 bits per heavy atom. The number of quaternary nitrogens is 1. The summed E-state index contributed by atoms with van der Waals surface area (Å²) in [6.07, 6.45) is 0. The predicted molar refractivity (Wildman–Crippen MR) is 100 cm³/mol. The van der Waals surface area contributed by atoms with Crippen LogP contribution >= 0.6 is 0 Å². The Morgan fingerprint density at radius 1 is 1.11 bits per heavy atom. The first-order chi connectivity index (χ1) is 12.4. The smallest absolute Gasteiger partial charge is 0.341 e. The summed E-state index contributed by atoms with van der Waals surface area (Å²) in [7, 11) is 5.34. The fourth-order valence-corrected chi connectivity index (χ4v) is 2.34. The lowest BCUT2D eigenvalue weighted by Gasteiger charge is -2.13. The Balaban J connectivity index is 0.00000364. The van der Waals surface area contributed by atoms with E-state index in [0.717, 1.165) is 17.8 Å². The van der Waals surface area contributed by atoms with E-state index in [2.05, 4.69) is 5.32 Å². The molecule has 0 fully saturated rings. The number of aryl methyl sites for hydroxylation is 1. The van der Waals surface area contributed by atoms with Gasteiger partial charge in [-0.1, -0.05) is 18.2 Å². The third-order valence-electron chi connectivity index (χ3n) is 3.90. The molecule has 146 valence electrons. The number of esters is 1. The average Bonchev–Trinajstić information content (AvgIpc) is 2.62. The Labute approximate surface area is 165 Å². The summed E-state index contributed by atoms with van der Waals surface area (Å²) in [4.78, 5) is 25.9. The van der Waals surface area contributed by atoms with Gasteiger partial charge in [0, 0.05) is 11.3 Å². The third-order valence-corrected chi connectivity index (χ3v) is 3.90. The minimum Gasteiger partial charge on any atom is -1.00 e. The number of amides is 1. The van der Waals surface area contributed by atoms with Crippen molar-refractivity contribution in [2.45, 2.75) is 6.92 Å². The van der Waals surface area contributed by atoms with E-state index in [1.165, 1.54) is 18.1 Å². The lowest BCUT2D eigenvalue weighted by Crippen LogP contribution is -3.06. The van der Waals surface area contributed by atoms with Crippen LogP contribution in [0.3, 0.4) is 0 Å². The van der Waals surface area contributed by atoms with E-state index in [4.69, 9.17) is 9.47 Å². The van der Waals surface area contributed by atoms with E-state index >= 15 is 0 Å². The Kier molecular flexibility index (Phi) is 8.78. The van der Waals surface area contributed by atoms with Gasteiger partial charge in [-0.05, 0) is 36.8 Å². The molecule has 0 radical (unpaired) electrons. The van der Waals surface area contributed by atoms with Crippen molar-refractivity contribution in [1.29, 1.82) is 0 Å². The largest absolute Gasteiger partial charge is 1.00 e. The zero-order chi connectivity index (χ0) is 19.1. The molecule has 0 aromatic heterocycles. The predicted octanol–water partition coefficient (Wildman–Crippen LogP) is -1.44. The van der Waals surface area contributed by atoms with Gasteiger partial charge in [0.15, 0.2) is 0 Å². The quantitative estimate of drug-likeness (QED) is 0.566. The molecule has 0 aliphatic heterocycles. The highest BCUT2D eigenvalue weighted by Crippen LogP contribution is 2.22. The number of hydrogen-bond acceptors (Lipinski definition) is 4. The summed E-state index contributed by atoms with van der Waals surface area (Å²) >= 11 is 0. The minimum atomic E-state index is -0.539. The molecule has 0 atom stereocenters. The van der Waals surface area contributed by atoms with Crippen LogP contribution in [0.4, 0.5) is 5.69 Å². The first-order valence-electron chi connectivity index (χ1n) is 8.43. The lowest BCUT2D eigenvalue weighted by molar-refractivity contribution is -0.858. The van der Waals surface area contributed by atoms with Gasteiger partial charge in [0.05, 0.1) is 21.2 Å². The molecular formula is C20H25ClN2O4. The van der Waals surface area contributed by atoms with Crippen LogP contribution in [0.25, 0.3) is 0 Å². The molecule has 0 saturated carbocycles. The Hall–Kier alpha value is -2.57. The number of nitrogens with one attached hydrogen (secondary N) is 2. The van der Waals surface area contributed by atoms with Crippen LogP contribution < -0.4 is 27.4 Å². The van der Waals surface area contributed by atoms with E-state index in [1.807, 2.05) is 45.3 Å². The molecular weight excluding hydrogens is 368 g/mol. The number of anilines is 1. The second-order valence-corrected chi connectivity index (χ2v) is 6.28. The van der Waals surface area contributed by atoms with Gasteiger partial charge in [-0.15, -0.1) is 0 Å². The number of para-hydroxylation sites is 1. The van der Waals surface area contributed by atoms with Crippen LogP contribution in [0.2, 0.25) is 0 Å². The Morgan fingerprint density at radius 2 is 1.81 bits per heavy atom. The molecule has 0 spiro atoms. The van der Waals surface area contributed by atoms with Crippen LogP contribution in [-0.4, -0.2) is 46.2 Å². The molecule has 0 heterocycles. The molecule has 2 rings (SSSR count). The van der Waals surface area contributed by atoms with Crippen LogP contribution in [-0.2, 0) is 4.74 Å². The van der Waals surface area contributed by atoms with Crippen LogP contribution in [0.1, 0.15) is 26.3 Å². The topological polar surface area (TPSA) is 69.1 Å². The van der Waals surface area contributed by atoms with Gasteiger partial charge in [0.25, 0.3) is 5.91 Å². The van der Waals surface area contributed by atoms with Gasteiger partial charge in [-0.2, -0.15) is 0 Å². The third kappa shape index (κ3) is 6.27. The monoisotopic (exact) mass is 392 g/mol. The average molecular weight is 393 g/mol. The number of benzene rings is 2. The Bertz CT molecular complexity index is 793. The second-order valence-electron chi connectivity index (χ2n) is 6.28. The van der Waals surface area contributed by atoms with Gasteiger partial charge in [-0.25, -0.2) is 4.79 Å². The van der Waals surface area contributed by atoms with Crippen molar-refractivity contribution in [3.05, 3.63) is 59.2 Å². The van der Waals surface area contributed by atoms with Crippen LogP contribution in [0, 0.1) is 6.92 Å². The van der Waals surface area contributed by atoms with E-state index in [0.29, 0.717) is 17.9 Å². The van der Waals surface area contributed by atoms with Crippen LogP contribution in [0.15, 0.2) is 42.5 Å². The molecule has 0 unspecified atom stereocenters. The highest BCUT2D eigenvalue weighted by molar-refractivity contribution is 6.06. The van der Waals surface area contributed by atoms with Gasteiger partial charge in [0.2, 0.25) is 0 Å². The summed E-state index contributed by atoms with van der Waals surface area (Å²) in [6, 6.07) is 12.3. The van der Waals surface area contributed by atoms with E-state index < -0.39 is 5.97 Å². The second kappa shape index (κ2) is 10.5. The number of carbonyl (C=O) groups is 2. The van der Waals surface area contributed by atoms with Gasteiger partial charge in [-0.3, -0.25) is 4.79 Å². The van der Waals surface area contributed by atoms with Crippen molar-refractivity contribution >= 4 is 17.6 Å². The maximum Gasteiger partial charge on any atom is 0.341 e. The fraction of sp³-hybridized carbons (Fsp3) is 0.300. The molecule has 2 N–H and O–H groups in total. The van der Waals surface area contributed by atoms with Crippen LogP contribution in [0.5, 0.6) is 5.75 Å². The summed E-state index contributed by atoms with van der Waals surface area (Å²) in [5.74, 6) is -0.429. The van der Waals surface area contributed by atoms with Gasteiger partial charge in [0.1, 0.15) is 24.5 Å². The number of likely N-dealkylation sites (N-methyl/N-ethyl adjacent to an activating group) is 1. The lowest BCUT2D eigenvalue weighted by atomic mass is 10.1. The molecule has 0 aliphatic rings. The fourth-order valence-electron chi connectivity index (χ4n) is 2.34. The molecule has 7 heteroatoms. The highest BCUT2D eigenvalue weighted by atomic mass is 35.5. The van der Waals surface area contributed by atoms with Gasteiger partial charge < -0.3 is 32.1 Å². The van der Waals surface area contributed by atoms with Crippen molar-refractivity contribution < 1.29 is 36.4 Å². The molecule has 0 aliphatic carbocycles. The van der Waals surface area contributed by atoms with Crippen molar-refractivity contribution in [2.75, 3.05) is 39.7 Å². The van der Waals surface area contributed by atoms with Crippen molar-refractivity contribution in [3.8, 4) is 5.75 Å². The molecule has 1 amide bonds. The number of methoxy groups -OCH3 is 1. The van der Waals surface area contributed by atoms with E-state index in [-0.39, 0.29) is 23.9 Å². The van der Waals surface area contributed by atoms with Crippen molar-refractivity contribution in [2.24, 2.45) is 0 Å². The molecule has 27 heavy (non-hydrogen) atoms. The number of rotatable bonds is 7. The van der Waals surface area contributed by atoms with Crippen molar-refractivity contribution in [3.63, 3.8) is 0 Å². The minimum absolute atomic E-state index is 0. The standard InChI is InChI=1S/C20H24N2O4.ClH/c1-14-7-5-6-8-17(14)21-19(23)15-9-10-18(26-12-11-22(2)3)16(13-15)20(24)25-4;/h5-10,13H,11-12H2,1-4H3,(H,21,23);1H. The maximum atomic E-state index is 12.5. The highest BCUT2D eigenvalue weighted by Gasteiger charge is 2.17. The van der Waals surface area contributed by atoms with E-state index in [1.54, 1.807) is 12.1 Å². The SMILES string of the molecule is COC(=O)c1cc(C(=O)Nc2ccccc2C)ccc1OCC[NH+](C)C.[Cl-]. The zero-order valence-corrected chi connectivity index (χ0v) is 16.7. The summed E-state index contributed by atoms with van der Waals surface area (Å²) in [6.45, 7) is 3.16. The summed E-state index contributed by atoms with van der Waals surface area (Å²) < 4.78 is 10.5. The number of hydrogen-bond donors (Lipinski definition) is 2. The normalized spacial score (nSPS) is 10.1. The zero-order valence-electron chi connectivity index (χ0n) is 16.0. The maximum absolute atomic E-state index is 12.5. The number of carbonyl (C=O) groups excluding carboxylic acids is 2. The summed E-state index contributed by atoms with van der Waals surface area (Å²) in [5.41, 5.74) is 2.28. The van der Waals surface area contributed by atoms with Crippen molar-refractivity contribution in [1.82, 2.24) is 0 Å². The molecule has 2 aromatic carbocycles. The first-order valence-corrected chi connectivity index (χ1v) is 8.43. The molecule has 2 aromatic rings. The van der Waals surface area contributed by atoms with E-state index in [9.17, 15) is 9.59 Å². The number of halogens is 1. The molecule has 0 bridgehead atoms. The summed E-state index contributed by atoms with van der Waals surface area (Å²) in [5, 5.41) is 2.85.